The van der Waals surface area contributed by atoms with E-state index in [1.807, 2.05) is 73.7 Å². The molecule has 0 bridgehead atoms. The topological polar surface area (TPSA) is 47.9 Å². The smallest absolute Gasteiger partial charge is 0.363 e. The van der Waals surface area contributed by atoms with E-state index in [9.17, 15) is 4.79 Å². The lowest BCUT2D eigenvalue weighted by atomic mass is 10.1. The lowest BCUT2D eigenvalue weighted by Crippen LogP contribution is -2.05. The third-order valence-corrected chi connectivity index (χ3v) is 5.32. The number of hydrogen-bond acceptors (Lipinski definition) is 4. The maximum Gasteiger partial charge on any atom is 0.363 e. The predicted octanol–water partition coefficient (Wildman–Crippen LogP) is 6.07. The summed E-state index contributed by atoms with van der Waals surface area (Å²) < 4.78 is 11.4. The molecule has 5 rings (SSSR count). The van der Waals surface area contributed by atoms with Crippen LogP contribution in [0.25, 0.3) is 16.8 Å². The number of carbonyl (C=O) groups is 1. The van der Waals surface area contributed by atoms with Gasteiger partial charge in [0, 0.05) is 5.56 Å². The Morgan fingerprint density at radius 3 is 2.62 bits per heavy atom. The Labute approximate surface area is 186 Å². The van der Waals surface area contributed by atoms with Crippen molar-refractivity contribution in [3.63, 3.8) is 0 Å². The molecule has 1 heterocycles. The van der Waals surface area contributed by atoms with E-state index in [4.69, 9.17) is 9.47 Å². The SMILES string of the molecule is Cc1cccc(C2=N/C(=C/c3cccc(OCc4cccc5ccccc45)c3)C(=O)O2)c1. The summed E-state index contributed by atoms with van der Waals surface area (Å²) in [5.41, 5.74) is 4.08. The number of nitrogens with zero attached hydrogens (tertiary/aromatic N) is 1. The first-order valence-electron chi connectivity index (χ1n) is 10.4. The molecular weight excluding hydrogens is 398 g/mol. The summed E-state index contributed by atoms with van der Waals surface area (Å²) in [7, 11) is 0. The maximum absolute atomic E-state index is 12.3. The fourth-order valence-electron chi connectivity index (χ4n) is 3.74. The zero-order valence-corrected chi connectivity index (χ0v) is 17.6. The van der Waals surface area contributed by atoms with Crippen LogP contribution in [-0.2, 0) is 16.1 Å². The number of rotatable bonds is 5. The molecule has 4 heteroatoms. The summed E-state index contributed by atoms with van der Waals surface area (Å²) in [5, 5.41) is 2.37. The Morgan fingerprint density at radius 1 is 0.906 bits per heavy atom. The Bertz CT molecular complexity index is 1380. The number of cyclic esters (lactones) is 1. The molecular formula is C28H21NO3. The molecule has 0 amide bonds. The molecule has 1 aliphatic heterocycles. The monoisotopic (exact) mass is 419 g/mol. The van der Waals surface area contributed by atoms with Crippen LogP contribution < -0.4 is 4.74 Å². The number of esters is 1. The van der Waals surface area contributed by atoms with E-state index in [0.717, 1.165) is 28.0 Å². The minimum absolute atomic E-state index is 0.271. The van der Waals surface area contributed by atoms with Gasteiger partial charge in [0.15, 0.2) is 5.70 Å². The molecule has 0 saturated carbocycles. The molecule has 0 aliphatic carbocycles. The number of ether oxygens (including phenoxy) is 2. The van der Waals surface area contributed by atoms with Gasteiger partial charge in [0.2, 0.25) is 5.90 Å². The highest BCUT2D eigenvalue weighted by Gasteiger charge is 2.24. The molecule has 0 radical (unpaired) electrons. The van der Waals surface area contributed by atoms with Crippen LogP contribution >= 0.6 is 0 Å². The minimum Gasteiger partial charge on any atom is -0.489 e. The highest BCUT2D eigenvalue weighted by Crippen LogP contribution is 2.24. The summed E-state index contributed by atoms with van der Waals surface area (Å²) >= 11 is 0. The first-order valence-corrected chi connectivity index (χ1v) is 10.4. The minimum atomic E-state index is -0.455. The second-order valence-corrected chi connectivity index (χ2v) is 7.70. The van der Waals surface area contributed by atoms with Gasteiger partial charge >= 0.3 is 5.97 Å². The average molecular weight is 419 g/mol. The molecule has 156 valence electrons. The molecule has 0 atom stereocenters. The third kappa shape index (κ3) is 4.16. The lowest BCUT2D eigenvalue weighted by molar-refractivity contribution is -0.129. The van der Waals surface area contributed by atoms with Crippen molar-refractivity contribution in [1.29, 1.82) is 0 Å². The van der Waals surface area contributed by atoms with E-state index in [1.165, 1.54) is 10.8 Å². The summed E-state index contributed by atoms with van der Waals surface area (Å²) in [6, 6.07) is 29.8. The van der Waals surface area contributed by atoms with E-state index in [0.29, 0.717) is 12.5 Å². The Balaban J connectivity index is 1.36. The molecule has 0 spiro atoms. The maximum atomic E-state index is 12.3. The Hall–Kier alpha value is -4.18. The molecule has 0 fully saturated rings. The van der Waals surface area contributed by atoms with Crippen molar-refractivity contribution in [3.05, 3.63) is 119 Å². The van der Waals surface area contributed by atoms with Crippen LogP contribution in [0.4, 0.5) is 0 Å². The molecule has 32 heavy (non-hydrogen) atoms. The summed E-state index contributed by atoms with van der Waals surface area (Å²) in [6.45, 7) is 2.44. The molecule has 4 nitrogen and oxygen atoms in total. The number of aryl methyl sites for hydroxylation is 1. The van der Waals surface area contributed by atoms with Gasteiger partial charge in [-0.25, -0.2) is 9.79 Å². The molecule has 1 aliphatic rings. The van der Waals surface area contributed by atoms with Crippen molar-refractivity contribution in [2.24, 2.45) is 4.99 Å². The summed E-state index contributed by atoms with van der Waals surface area (Å²) in [5.74, 6) is 0.596. The van der Waals surface area contributed by atoms with Crippen molar-refractivity contribution >= 4 is 28.7 Å². The largest absolute Gasteiger partial charge is 0.489 e. The van der Waals surface area contributed by atoms with Crippen molar-refractivity contribution in [2.75, 3.05) is 0 Å². The number of hydrogen-bond donors (Lipinski definition) is 0. The average Bonchev–Trinajstić information content (AvgIpc) is 3.18. The summed E-state index contributed by atoms with van der Waals surface area (Å²) in [4.78, 5) is 16.7. The van der Waals surface area contributed by atoms with Crippen molar-refractivity contribution in [2.45, 2.75) is 13.5 Å². The van der Waals surface area contributed by atoms with Crippen LogP contribution in [0, 0.1) is 6.92 Å². The molecule has 0 saturated heterocycles. The van der Waals surface area contributed by atoms with Gasteiger partial charge in [-0.1, -0.05) is 72.3 Å². The Kier molecular flexibility index (Phi) is 5.26. The second-order valence-electron chi connectivity index (χ2n) is 7.70. The standard InChI is InChI=1S/C28H21NO3/c1-19-7-4-11-22(15-19)27-29-26(28(30)32-27)17-20-8-5-13-24(16-20)31-18-23-12-6-10-21-9-2-3-14-25(21)23/h2-17H,18H2,1H3/b26-17+. The van der Waals surface area contributed by atoms with E-state index >= 15 is 0 Å². The Morgan fingerprint density at radius 2 is 1.72 bits per heavy atom. The fourth-order valence-corrected chi connectivity index (χ4v) is 3.74. The van der Waals surface area contributed by atoms with Crippen LogP contribution in [0.15, 0.2) is 102 Å². The second kappa shape index (κ2) is 8.52. The van der Waals surface area contributed by atoms with Crippen molar-refractivity contribution in [1.82, 2.24) is 0 Å². The summed E-state index contributed by atoms with van der Waals surface area (Å²) in [6.07, 6.45) is 1.72. The number of benzene rings is 4. The molecule has 0 aromatic heterocycles. The molecule has 0 N–H and O–H groups in total. The molecule has 0 unspecified atom stereocenters. The van der Waals surface area contributed by atoms with Crippen LogP contribution in [-0.4, -0.2) is 11.9 Å². The number of aliphatic imine (C=N–C) groups is 1. The predicted molar refractivity (Wildman–Crippen MR) is 127 cm³/mol. The van der Waals surface area contributed by atoms with E-state index in [2.05, 4.69) is 29.3 Å². The molecule has 4 aromatic carbocycles. The van der Waals surface area contributed by atoms with Gasteiger partial charge in [-0.15, -0.1) is 0 Å². The third-order valence-electron chi connectivity index (χ3n) is 5.32. The number of carbonyl (C=O) groups excluding carboxylic acids is 1. The normalized spacial score (nSPS) is 14.5. The van der Waals surface area contributed by atoms with E-state index < -0.39 is 5.97 Å². The van der Waals surface area contributed by atoms with Gasteiger partial charge in [-0.05, 0) is 59.2 Å². The van der Waals surface area contributed by atoms with Gasteiger partial charge in [-0.3, -0.25) is 0 Å². The van der Waals surface area contributed by atoms with Gasteiger partial charge in [-0.2, -0.15) is 0 Å². The lowest BCUT2D eigenvalue weighted by Gasteiger charge is -2.09. The first-order chi connectivity index (χ1) is 15.7. The number of fused-ring (bicyclic) bond motifs is 1. The van der Waals surface area contributed by atoms with E-state index in [-0.39, 0.29) is 5.70 Å². The van der Waals surface area contributed by atoms with Crippen molar-refractivity contribution < 1.29 is 14.3 Å². The molecule has 4 aromatic rings. The highest BCUT2D eigenvalue weighted by molar-refractivity contribution is 6.12. The zero-order valence-electron chi connectivity index (χ0n) is 17.6. The van der Waals surface area contributed by atoms with Crippen LogP contribution in [0.2, 0.25) is 0 Å². The zero-order chi connectivity index (χ0) is 21.9. The highest BCUT2D eigenvalue weighted by atomic mass is 16.6. The van der Waals surface area contributed by atoms with Crippen LogP contribution in [0.1, 0.15) is 22.3 Å². The quantitative estimate of drug-likeness (QED) is 0.291. The van der Waals surface area contributed by atoms with Gasteiger partial charge in [0.1, 0.15) is 12.4 Å². The van der Waals surface area contributed by atoms with Crippen molar-refractivity contribution in [3.8, 4) is 5.75 Å². The first kappa shape index (κ1) is 19.8. The van der Waals surface area contributed by atoms with Gasteiger partial charge in [0.05, 0.1) is 0 Å². The van der Waals surface area contributed by atoms with Gasteiger partial charge in [0.25, 0.3) is 0 Å². The van der Waals surface area contributed by atoms with Crippen LogP contribution in [0.5, 0.6) is 5.75 Å². The van der Waals surface area contributed by atoms with E-state index in [1.54, 1.807) is 6.08 Å². The van der Waals surface area contributed by atoms with Gasteiger partial charge < -0.3 is 9.47 Å². The fraction of sp³-hybridized carbons (Fsp3) is 0.0714. The van der Waals surface area contributed by atoms with Crippen LogP contribution in [0.3, 0.4) is 0 Å².